The summed E-state index contributed by atoms with van der Waals surface area (Å²) in [7, 11) is 1.75. The lowest BCUT2D eigenvalue weighted by atomic mass is 10.1. The Morgan fingerprint density at radius 2 is 1.96 bits per heavy atom. The van der Waals surface area contributed by atoms with Gasteiger partial charge >= 0.3 is 0 Å². The molecule has 1 aliphatic heterocycles. The van der Waals surface area contributed by atoms with Crippen LogP contribution in [0.25, 0.3) is 0 Å². The van der Waals surface area contributed by atoms with Gasteiger partial charge < -0.3 is 5.32 Å². The van der Waals surface area contributed by atoms with E-state index in [4.69, 9.17) is 0 Å². The molecule has 2 aromatic rings. The molecule has 0 bridgehead atoms. The molecule has 3 amide bonds. The highest BCUT2D eigenvalue weighted by Gasteiger charge is 2.44. The predicted molar refractivity (Wildman–Crippen MR) is 81.1 cm³/mol. The van der Waals surface area contributed by atoms with E-state index in [1.165, 1.54) is 17.2 Å². The molecule has 116 valence electrons. The third-order valence-electron chi connectivity index (χ3n) is 4.05. The van der Waals surface area contributed by atoms with Crippen molar-refractivity contribution in [2.24, 2.45) is 7.05 Å². The molecule has 0 radical (unpaired) electrons. The van der Waals surface area contributed by atoms with E-state index >= 15 is 0 Å². The number of nitrogens with one attached hydrogen (secondary N) is 1. The van der Waals surface area contributed by atoms with Crippen LogP contribution in [-0.4, -0.2) is 38.4 Å². The van der Waals surface area contributed by atoms with Crippen LogP contribution in [-0.2, 0) is 7.05 Å². The highest BCUT2D eigenvalue weighted by molar-refractivity contribution is 6.22. The standard InChI is InChI=1S/C16H14N4O3/c1-19-8-10(7-17-19)18-14(21)9-2-5-12-13(6-9)16(23)20(15(12)22)11-3-4-11/h2,5-8,11H,3-4H2,1H3,(H,18,21). The lowest BCUT2D eigenvalue weighted by Crippen LogP contribution is -2.31. The number of imide groups is 1. The summed E-state index contributed by atoms with van der Waals surface area (Å²) in [4.78, 5) is 38.2. The summed E-state index contributed by atoms with van der Waals surface area (Å²) in [5.74, 6) is -0.902. The number of aromatic nitrogens is 2. The second-order valence-corrected chi connectivity index (χ2v) is 5.83. The molecule has 1 N–H and O–H groups in total. The number of anilines is 1. The van der Waals surface area contributed by atoms with Crippen LogP contribution in [0.5, 0.6) is 0 Å². The maximum Gasteiger partial charge on any atom is 0.261 e. The Hall–Kier alpha value is -2.96. The summed E-state index contributed by atoms with van der Waals surface area (Å²) < 4.78 is 1.58. The third-order valence-corrected chi connectivity index (χ3v) is 4.05. The summed E-state index contributed by atoms with van der Waals surface area (Å²) in [5.41, 5.74) is 1.59. The van der Waals surface area contributed by atoms with Gasteiger partial charge in [-0.25, -0.2) is 0 Å². The fourth-order valence-corrected chi connectivity index (χ4v) is 2.75. The third kappa shape index (κ3) is 2.21. The number of carbonyl (C=O) groups is 3. The van der Waals surface area contributed by atoms with Gasteiger partial charge in [0.15, 0.2) is 0 Å². The summed E-state index contributed by atoms with van der Waals surface area (Å²) in [6.07, 6.45) is 4.93. The van der Waals surface area contributed by atoms with Gasteiger partial charge in [-0.2, -0.15) is 5.10 Å². The molecule has 1 aromatic heterocycles. The Balaban J connectivity index is 1.62. The van der Waals surface area contributed by atoms with E-state index in [-0.39, 0.29) is 23.8 Å². The highest BCUT2D eigenvalue weighted by Crippen LogP contribution is 2.34. The van der Waals surface area contributed by atoms with Gasteiger partial charge in [0.25, 0.3) is 17.7 Å². The zero-order valence-corrected chi connectivity index (χ0v) is 12.4. The van der Waals surface area contributed by atoms with Crippen LogP contribution in [0.2, 0.25) is 0 Å². The Kier molecular flexibility index (Phi) is 2.84. The fraction of sp³-hybridized carbons (Fsp3) is 0.250. The first-order valence-electron chi connectivity index (χ1n) is 7.36. The lowest BCUT2D eigenvalue weighted by Gasteiger charge is -2.11. The van der Waals surface area contributed by atoms with Gasteiger partial charge in [0.2, 0.25) is 0 Å². The maximum absolute atomic E-state index is 12.4. The van der Waals surface area contributed by atoms with E-state index in [2.05, 4.69) is 10.4 Å². The molecule has 4 rings (SSSR count). The normalized spacial score (nSPS) is 16.7. The molecule has 0 atom stereocenters. The molecular weight excluding hydrogens is 296 g/mol. The number of amides is 3. The quantitative estimate of drug-likeness (QED) is 0.869. The molecule has 1 aromatic carbocycles. The van der Waals surface area contributed by atoms with Crippen LogP contribution < -0.4 is 5.32 Å². The highest BCUT2D eigenvalue weighted by atomic mass is 16.2. The largest absolute Gasteiger partial charge is 0.319 e. The predicted octanol–water partition coefficient (Wildman–Crippen LogP) is 1.43. The first-order valence-corrected chi connectivity index (χ1v) is 7.36. The van der Waals surface area contributed by atoms with Gasteiger partial charge in [-0.05, 0) is 31.0 Å². The van der Waals surface area contributed by atoms with E-state index < -0.39 is 0 Å². The number of benzene rings is 1. The molecule has 23 heavy (non-hydrogen) atoms. The first kappa shape index (κ1) is 13.7. The minimum Gasteiger partial charge on any atom is -0.319 e. The van der Waals surface area contributed by atoms with Crippen molar-refractivity contribution in [3.05, 3.63) is 47.3 Å². The van der Waals surface area contributed by atoms with Gasteiger partial charge in [0, 0.05) is 24.8 Å². The minimum atomic E-state index is -0.342. The van der Waals surface area contributed by atoms with Crippen molar-refractivity contribution < 1.29 is 14.4 Å². The summed E-state index contributed by atoms with van der Waals surface area (Å²) in [6, 6.07) is 4.63. The van der Waals surface area contributed by atoms with Crippen LogP contribution in [0, 0.1) is 0 Å². The number of hydrogen-bond acceptors (Lipinski definition) is 4. The Bertz CT molecular complexity index is 851. The summed E-state index contributed by atoms with van der Waals surface area (Å²) in [5, 5.41) is 6.69. The van der Waals surface area contributed by atoms with Crippen LogP contribution in [0.4, 0.5) is 5.69 Å². The number of carbonyl (C=O) groups excluding carboxylic acids is 3. The molecule has 1 saturated carbocycles. The zero-order chi connectivity index (χ0) is 16.1. The van der Waals surface area contributed by atoms with E-state index in [1.807, 2.05) is 0 Å². The Labute approximate surface area is 131 Å². The minimum absolute atomic E-state index is 0.0232. The van der Waals surface area contributed by atoms with E-state index in [1.54, 1.807) is 30.1 Å². The average Bonchev–Trinajstić information content (AvgIpc) is 3.23. The number of nitrogens with zero attached hydrogens (tertiary/aromatic N) is 3. The Morgan fingerprint density at radius 3 is 2.61 bits per heavy atom. The van der Waals surface area contributed by atoms with Gasteiger partial charge in [0.05, 0.1) is 23.0 Å². The van der Waals surface area contributed by atoms with E-state index in [0.717, 1.165) is 12.8 Å². The van der Waals surface area contributed by atoms with Gasteiger partial charge in [0.1, 0.15) is 0 Å². The van der Waals surface area contributed by atoms with Gasteiger partial charge in [-0.3, -0.25) is 24.0 Å². The first-order chi connectivity index (χ1) is 11.0. The van der Waals surface area contributed by atoms with E-state index in [9.17, 15) is 14.4 Å². The molecule has 0 unspecified atom stereocenters. The lowest BCUT2D eigenvalue weighted by molar-refractivity contribution is 0.0642. The molecule has 0 spiro atoms. The number of fused-ring (bicyclic) bond motifs is 1. The second kappa shape index (κ2) is 4.77. The van der Waals surface area contributed by atoms with Crippen LogP contribution in [0.3, 0.4) is 0 Å². The number of aryl methyl sites for hydroxylation is 1. The van der Waals surface area contributed by atoms with Crippen LogP contribution >= 0.6 is 0 Å². The fourth-order valence-electron chi connectivity index (χ4n) is 2.75. The van der Waals surface area contributed by atoms with Crippen LogP contribution in [0.1, 0.15) is 43.9 Å². The second-order valence-electron chi connectivity index (χ2n) is 5.83. The number of rotatable bonds is 3. The van der Waals surface area contributed by atoms with Gasteiger partial charge in [-0.15, -0.1) is 0 Å². The molecule has 7 heteroatoms. The molecule has 2 aliphatic rings. The molecular formula is C16H14N4O3. The Morgan fingerprint density at radius 1 is 1.22 bits per heavy atom. The maximum atomic E-state index is 12.4. The molecule has 1 aliphatic carbocycles. The summed E-state index contributed by atoms with van der Waals surface area (Å²) >= 11 is 0. The van der Waals surface area contributed by atoms with Crippen molar-refractivity contribution in [1.29, 1.82) is 0 Å². The monoisotopic (exact) mass is 310 g/mol. The average molecular weight is 310 g/mol. The van der Waals surface area contributed by atoms with E-state index in [0.29, 0.717) is 22.4 Å². The smallest absolute Gasteiger partial charge is 0.261 e. The van der Waals surface area contributed by atoms with Crippen molar-refractivity contribution in [2.45, 2.75) is 18.9 Å². The van der Waals surface area contributed by atoms with Crippen LogP contribution in [0.15, 0.2) is 30.6 Å². The van der Waals surface area contributed by atoms with Crippen molar-refractivity contribution in [3.63, 3.8) is 0 Å². The topological polar surface area (TPSA) is 84.3 Å². The van der Waals surface area contributed by atoms with Crippen molar-refractivity contribution in [3.8, 4) is 0 Å². The molecule has 0 saturated heterocycles. The summed E-state index contributed by atoms with van der Waals surface area (Å²) in [6.45, 7) is 0. The molecule has 1 fully saturated rings. The van der Waals surface area contributed by atoms with Crippen molar-refractivity contribution in [2.75, 3.05) is 5.32 Å². The molecule has 7 nitrogen and oxygen atoms in total. The van der Waals surface area contributed by atoms with Crippen molar-refractivity contribution >= 4 is 23.4 Å². The SMILES string of the molecule is Cn1cc(NC(=O)c2ccc3c(c2)C(=O)N(C2CC2)C3=O)cn1. The van der Waals surface area contributed by atoms with Crippen molar-refractivity contribution in [1.82, 2.24) is 14.7 Å². The number of hydrogen-bond donors (Lipinski definition) is 1. The van der Waals surface area contributed by atoms with Gasteiger partial charge in [-0.1, -0.05) is 0 Å². The zero-order valence-electron chi connectivity index (χ0n) is 12.4. The molecule has 2 heterocycles.